The van der Waals surface area contributed by atoms with E-state index < -0.39 is 0 Å². The summed E-state index contributed by atoms with van der Waals surface area (Å²) in [6, 6.07) is 17.8. The number of benzene rings is 2. The molecule has 0 saturated carbocycles. The summed E-state index contributed by atoms with van der Waals surface area (Å²) < 4.78 is 0. The number of nitriles is 1. The number of nitrogens with one attached hydrogen (secondary N) is 1. The van der Waals surface area contributed by atoms with Crippen molar-refractivity contribution in [1.82, 2.24) is 5.43 Å². The Balaban J connectivity index is 0.000000495. The molecule has 1 aliphatic rings. The first-order valence-corrected chi connectivity index (χ1v) is 11.8. The van der Waals surface area contributed by atoms with E-state index >= 15 is 0 Å². The van der Waals surface area contributed by atoms with Crippen LogP contribution in [0, 0.1) is 17.8 Å². The number of carbonyl (C=O) groups is 1. The fraction of sp³-hybridized carbons (Fsp3) is 0.200. The van der Waals surface area contributed by atoms with Gasteiger partial charge < -0.3 is 6.42 Å². The molecule has 0 aromatic heterocycles. The van der Waals surface area contributed by atoms with Crippen molar-refractivity contribution < 1.29 is 37.5 Å². The molecule has 0 unspecified atom stereocenters. The molecule has 0 atom stereocenters. The second-order valence-electron chi connectivity index (χ2n) is 8.03. The maximum atomic E-state index is 10.5. The average molecular weight is 574 g/mol. The smallest absolute Gasteiger partial charge is 0.227 e. The molecule has 36 heavy (non-hydrogen) atoms. The summed E-state index contributed by atoms with van der Waals surface area (Å²) in [7, 11) is 0. The fourth-order valence-electron chi connectivity index (χ4n) is 3.66. The number of carbonyl (C=O) groups excluding carboxylic acids is 1. The molecule has 1 aliphatic carbocycles. The molecule has 1 N–H and O–H groups in total. The number of nitrogens with zero attached hydrogens (tertiary/aromatic N) is 2. The van der Waals surface area contributed by atoms with Gasteiger partial charge in [-0.05, 0) is 61.1 Å². The van der Waals surface area contributed by atoms with Crippen LogP contribution < -0.4 is 5.43 Å². The van der Waals surface area contributed by atoms with Crippen molar-refractivity contribution in [1.29, 1.82) is 5.26 Å². The van der Waals surface area contributed by atoms with Gasteiger partial charge in [0.05, 0.1) is 17.8 Å². The SMILES string of the molecule is C=CC1=C(C)CCC=C1Cl.C[CH-]Cc1ccc(/C(C)=C(/C=N\NC=O)c2ccc(C#N)cc2)cc1.[Y]. The molecule has 0 bridgehead atoms. The van der Waals surface area contributed by atoms with Crippen LogP contribution in [0.5, 0.6) is 0 Å². The average Bonchev–Trinajstić information content (AvgIpc) is 2.88. The Labute approximate surface area is 245 Å². The first-order chi connectivity index (χ1) is 16.9. The molecule has 2 aromatic carbocycles. The first-order valence-electron chi connectivity index (χ1n) is 11.4. The Bertz CT molecular complexity index is 1180. The van der Waals surface area contributed by atoms with Crippen molar-refractivity contribution in [2.75, 3.05) is 0 Å². The Hall–Kier alpha value is -2.58. The van der Waals surface area contributed by atoms with Crippen LogP contribution in [0.4, 0.5) is 0 Å². The minimum atomic E-state index is 0. The van der Waals surface area contributed by atoms with Gasteiger partial charge in [0.15, 0.2) is 0 Å². The Kier molecular flexibility index (Phi) is 14.8. The van der Waals surface area contributed by atoms with E-state index in [1.165, 1.54) is 11.1 Å². The van der Waals surface area contributed by atoms with E-state index in [4.69, 9.17) is 16.9 Å². The maximum absolute atomic E-state index is 10.5. The van der Waals surface area contributed by atoms with Crippen molar-refractivity contribution in [2.24, 2.45) is 5.10 Å². The zero-order valence-electron chi connectivity index (χ0n) is 21.1. The van der Waals surface area contributed by atoms with Crippen molar-refractivity contribution in [2.45, 2.75) is 40.0 Å². The number of allylic oxidation sites excluding steroid dienone is 7. The molecule has 0 spiro atoms. The molecule has 0 aliphatic heterocycles. The van der Waals surface area contributed by atoms with Crippen LogP contribution in [0.25, 0.3) is 11.1 Å². The van der Waals surface area contributed by atoms with E-state index in [-0.39, 0.29) is 32.7 Å². The fourth-order valence-corrected chi connectivity index (χ4v) is 4.01. The molecule has 0 fully saturated rings. The summed E-state index contributed by atoms with van der Waals surface area (Å²) in [6.07, 6.45) is 11.3. The van der Waals surface area contributed by atoms with E-state index in [0.29, 0.717) is 12.0 Å². The molecule has 0 heterocycles. The summed E-state index contributed by atoms with van der Waals surface area (Å²) in [5.41, 5.74) is 10.6. The molecule has 183 valence electrons. The van der Waals surface area contributed by atoms with Crippen LogP contribution in [-0.4, -0.2) is 12.6 Å². The predicted octanol–water partition coefficient (Wildman–Crippen LogP) is 7.39. The van der Waals surface area contributed by atoms with Gasteiger partial charge in [-0.15, -0.1) is 0 Å². The molecular formula is C30H31ClN3OY-. The van der Waals surface area contributed by atoms with Crippen LogP contribution >= 0.6 is 11.6 Å². The largest absolute Gasteiger partial charge is 0.327 e. The number of hydrazone groups is 1. The standard InChI is InChI=1S/C21H20N3O.C9H11Cl.Y/c1-3-4-17-5-9-19(10-6-17)16(2)21(14-23-24-15-25)20-11-7-18(13-22)8-12-20;1-3-8-7(2)5-4-6-9(8)10;/h3,5-12,14-15H,4H2,1-2H3,(H,24,25);3,6H,1,4-5H2,2H3;/q-1;;/b21-16-,23-14-;;. The van der Waals surface area contributed by atoms with Crippen molar-refractivity contribution in [3.05, 3.63) is 112 Å². The molecule has 2 aromatic rings. The van der Waals surface area contributed by atoms with Gasteiger partial charge in [-0.25, -0.2) is 5.43 Å². The van der Waals surface area contributed by atoms with Gasteiger partial charge in [-0.2, -0.15) is 23.7 Å². The monoisotopic (exact) mass is 573 g/mol. The topological polar surface area (TPSA) is 65.2 Å². The minimum Gasteiger partial charge on any atom is -0.327 e. The number of rotatable bonds is 8. The third kappa shape index (κ3) is 9.47. The van der Waals surface area contributed by atoms with Crippen LogP contribution in [0.2, 0.25) is 0 Å². The number of hydrogen-bond acceptors (Lipinski definition) is 3. The van der Waals surface area contributed by atoms with Crippen LogP contribution in [0.1, 0.15) is 55.9 Å². The molecule has 0 saturated heterocycles. The molecular weight excluding hydrogens is 543 g/mol. The second kappa shape index (κ2) is 17.0. The van der Waals surface area contributed by atoms with E-state index in [0.717, 1.165) is 52.1 Å². The first kappa shape index (κ1) is 31.5. The Morgan fingerprint density at radius 3 is 2.33 bits per heavy atom. The summed E-state index contributed by atoms with van der Waals surface area (Å²) >= 11 is 5.91. The number of amides is 1. The minimum absolute atomic E-state index is 0. The van der Waals surface area contributed by atoms with Gasteiger partial charge in [-0.3, -0.25) is 4.79 Å². The van der Waals surface area contributed by atoms with Crippen LogP contribution in [0.15, 0.2) is 88.5 Å². The van der Waals surface area contributed by atoms with Crippen molar-refractivity contribution in [3.8, 4) is 6.07 Å². The van der Waals surface area contributed by atoms with Crippen molar-refractivity contribution >= 4 is 35.4 Å². The summed E-state index contributed by atoms with van der Waals surface area (Å²) in [6.45, 7) is 9.86. The van der Waals surface area contributed by atoms with Crippen molar-refractivity contribution in [3.63, 3.8) is 0 Å². The third-order valence-electron chi connectivity index (χ3n) is 5.64. The number of halogens is 1. The Morgan fingerprint density at radius 2 is 1.83 bits per heavy atom. The van der Waals surface area contributed by atoms with Crippen LogP contribution in [-0.2, 0) is 43.9 Å². The normalized spacial score (nSPS) is 13.4. The molecule has 1 amide bonds. The quantitative estimate of drug-likeness (QED) is 0.118. The van der Waals surface area contributed by atoms with Gasteiger partial charge >= 0.3 is 0 Å². The van der Waals surface area contributed by atoms with Gasteiger partial charge in [0.25, 0.3) is 0 Å². The van der Waals surface area contributed by atoms with Crippen LogP contribution in [0.3, 0.4) is 0 Å². The zero-order chi connectivity index (χ0) is 25.6. The second-order valence-corrected chi connectivity index (χ2v) is 8.44. The maximum Gasteiger partial charge on any atom is 0.227 e. The van der Waals surface area contributed by atoms with Gasteiger partial charge in [0.1, 0.15) is 0 Å². The summed E-state index contributed by atoms with van der Waals surface area (Å²) in [5.74, 6) is 0. The molecule has 1 radical (unpaired) electrons. The third-order valence-corrected chi connectivity index (χ3v) is 6.00. The molecule has 3 rings (SSSR count). The summed E-state index contributed by atoms with van der Waals surface area (Å²) in [5, 5.41) is 13.7. The molecule has 6 heteroatoms. The van der Waals surface area contributed by atoms with Gasteiger partial charge in [0.2, 0.25) is 6.41 Å². The predicted molar refractivity (Wildman–Crippen MR) is 148 cm³/mol. The zero-order valence-corrected chi connectivity index (χ0v) is 24.7. The van der Waals surface area contributed by atoms with Gasteiger partial charge in [0, 0.05) is 43.3 Å². The number of hydrogen-bond donors (Lipinski definition) is 1. The Morgan fingerprint density at radius 1 is 1.19 bits per heavy atom. The van der Waals surface area contributed by atoms with E-state index in [9.17, 15) is 4.79 Å². The van der Waals surface area contributed by atoms with E-state index in [2.05, 4.69) is 60.8 Å². The van der Waals surface area contributed by atoms with Gasteiger partial charge in [-0.1, -0.05) is 77.9 Å². The van der Waals surface area contributed by atoms with E-state index in [1.807, 2.05) is 38.1 Å². The summed E-state index contributed by atoms with van der Waals surface area (Å²) in [4.78, 5) is 10.5. The van der Waals surface area contributed by atoms with E-state index in [1.54, 1.807) is 18.3 Å². The molecule has 4 nitrogen and oxygen atoms in total.